The van der Waals surface area contributed by atoms with Crippen molar-refractivity contribution >= 4 is 6.03 Å². The largest absolute Gasteiger partial charge is 0.401 e. The number of urea groups is 1. The molecule has 0 radical (unpaired) electrons. The number of amides is 2. The van der Waals surface area contributed by atoms with Crippen LogP contribution in [0.2, 0.25) is 0 Å². The van der Waals surface area contributed by atoms with E-state index in [9.17, 15) is 18.0 Å². The predicted octanol–water partition coefficient (Wildman–Crippen LogP) is 1.42. The van der Waals surface area contributed by atoms with Gasteiger partial charge in [0.2, 0.25) is 0 Å². The molecule has 0 aromatic heterocycles. The molecule has 0 bridgehead atoms. The van der Waals surface area contributed by atoms with Gasteiger partial charge in [0, 0.05) is 45.3 Å². The lowest BCUT2D eigenvalue weighted by Gasteiger charge is -2.35. The summed E-state index contributed by atoms with van der Waals surface area (Å²) in [5.41, 5.74) is 0. The third-order valence-corrected chi connectivity index (χ3v) is 4.44. The van der Waals surface area contributed by atoms with Crippen LogP contribution in [0.5, 0.6) is 0 Å². The monoisotopic (exact) mass is 366 g/mol. The van der Waals surface area contributed by atoms with Gasteiger partial charge in [-0.05, 0) is 26.7 Å². The first-order valence-electron chi connectivity index (χ1n) is 8.92. The summed E-state index contributed by atoms with van der Waals surface area (Å²) in [5, 5.41) is 5.54. The van der Waals surface area contributed by atoms with Crippen LogP contribution in [0.1, 0.15) is 26.7 Å². The van der Waals surface area contributed by atoms with Crippen LogP contribution >= 0.6 is 0 Å². The summed E-state index contributed by atoms with van der Waals surface area (Å²) in [6.07, 6.45) is -2.36. The molecule has 0 unspecified atom stereocenters. The Kier molecular flexibility index (Phi) is 7.33. The second-order valence-electron chi connectivity index (χ2n) is 7.11. The van der Waals surface area contributed by atoms with Gasteiger partial charge in [-0.1, -0.05) is 0 Å². The van der Waals surface area contributed by atoms with Gasteiger partial charge in [0.05, 0.1) is 18.8 Å². The molecule has 2 fully saturated rings. The highest BCUT2D eigenvalue weighted by Crippen LogP contribution is 2.19. The first-order chi connectivity index (χ1) is 11.7. The molecule has 3 atom stereocenters. The Morgan fingerprint density at radius 2 is 1.84 bits per heavy atom. The minimum Gasteiger partial charge on any atom is -0.373 e. The van der Waals surface area contributed by atoms with E-state index < -0.39 is 12.7 Å². The number of rotatable bonds is 6. The second-order valence-corrected chi connectivity index (χ2v) is 7.11. The van der Waals surface area contributed by atoms with Gasteiger partial charge in [-0.3, -0.25) is 9.80 Å². The van der Waals surface area contributed by atoms with Crippen LogP contribution in [0, 0.1) is 0 Å². The normalized spacial score (nSPS) is 28.9. The number of ether oxygens (including phenoxy) is 1. The molecule has 2 heterocycles. The highest BCUT2D eigenvalue weighted by atomic mass is 19.4. The Hall–Kier alpha value is -1.06. The van der Waals surface area contributed by atoms with Crippen LogP contribution < -0.4 is 10.6 Å². The summed E-state index contributed by atoms with van der Waals surface area (Å²) >= 11 is 0. The fourth-order valence-electron chi connectivity index (χ4n) is 3.56. The molecule has 6 nitrogen and oxygen atoms in total. The van der Waals surface area contributed by atoms with Gasteiger partial charge in [0.25, 0.3) is 0 Å². The van der Waals surface area contributed by atoms with Crippen molar-refractivity contribution in [1.29, 1.82) is 0 Å². The van der Waals surface area contributed by atoms with Gasteiger partial charge >= 0.3 is 12.2 Å². The van der Waals surface area contributed by atoms with Crippen LogP contribution in [0.3, 0.4) is 0 Å². The molecule has 0 saturated carbocycles. The maximum Gasteiger partial charge on any atom is 0.401 e. The fourth-order valence-corrected chi connectivity index (χ4v) is 3.56. The Balaban J connectivity index is 1.56. The summed E-state index contributed by atoms with van der Waals surface area (Å²) < 4.78 is 42.7. The number of hydrogen-bond acceptors (Lipinski definition) is 4. The highest BCUT2D eigenvalue weighted by molar-refractivity contribution is 5.74. The van der Waals surface area contributed by atoms with E-state index in [-0.39, 0.29) is 30.8 Å². The van der Waals surface area contributed by atoms with Crippen LogP contribution in [-0.4, -0.2) is 86.1 Å². The molecule has 2 aliphatic rings. The van der Waals surface area contributed by atoms with Crippen LogP contribution in [0.15, 0.2) is 0 Å². The Bertz CT molecular complexity index is 426. The standard InChI is InChI=1S/C16H29F3N4O2/c1-12-8-22(9-13(2)25-12)6-3-5-20-15(24)21-14-4-7-23(10-14)11-16(17,18)19/h12-14H,3-11H2,1-2H3,(H2,20,21,24)/t12-,13-,14-/m1/s1. The van der Waals surface area contributed by atoms with E-state index in [1.54, 1.807) is 0 Å². The third-order valence-electron chi connectivity index (χ3n) is 4.44. The molecule has 0 aliphatic carbocycles. The van der Waals surface area contributed by atoms with Crippen molar-refractivity contribution in [3.63, 3.8) is 0 Å². The van der Waals surface area contributed by atoms with Crippen molar-refractivity contribution in [1.82, 2.24) is 20.4 Å². The number of nitrogens with zero attached hydrogens (tertiary/aromatic N) is 2. The number of morpholine rings is 1. The average molecular weight is 366 g/mol. The highest BCUT2D eigenvalue weighted by Gasteiger charge is 2.34. The van der Waals surface area contributed by atoms with E-state index in [4.69, 9.17) is 4.74 Å². The van der Waals surface area contributed by atoms with Crippen molar-refractivity contribution < 1.29 is 22.7 Å². The van der Waals surface area contributed by atoms with Crippen molar-refractivity contribution in [3.05, 3.63) is 0 Å². The molecule has 25 heavy (non-hydrogen) atoms. The lowest BCUT2D eigenvalue weighted by atomic mass is 10.2. The Morgan fingerprint density at radius 1 is 1.16 bits per heavy atom. The minimum atomic E-state index is -4.19. The van der Waals surface area contributed by atoms with Gasteiger partial charge in [-0.2, -0.15) is 13.2 Å². The molecule has 9 heteroatoms. The van der Waals surface area contributed by atoms with Gasteiger partial charge in [0.1, 0.15) is 0 Å². The zero-order valence-electron chi connectivity index (χ0n) is 14.9. The smallest absolute Gasteiger partial charge is 0.373 e. The zero-order chi connectivity index (χ0) is 18.4. The average Bonchev–Trinajstić information content (AvgIpc) is 2.87. The fraction of sp³-hybridized carbons (Fsp3) is 0.938. The summed E-state index contributed by atoms with van der Waals surface area (Å²) in [5.74, 6) is 0. The van der Waals surface area contributed by atoms with E-state index in [1.165, 1.54) is 4.90 Å². The van der Waals surface area contributed by atoms with Crippen LogP contribution in [0.25, 0.3) is 0 Å². The van der Waals surface area contributed by atoms with Crippen LogP contribution in [-0.2, 0) is 4.74 Å². The first-order valence-corrected chi connectivity index (χ1v) is 8.92. The van der Waals surface area contributed by atoms with E-state index >= 15 is 0 Å². The number of carbonyl (C=O) groups excluding carboxylic acids is 1. The maximum atomic E-state index is 12.4. The summed E-state index contributed by atoms with van der Waals surface area (Å²) in [6, 6.07) is -0.522. The van der Waals surface area contributed by atoms with Crippen molar-refractivity contribution in [2.75, 3.05) is 45.8 Å². The molecule has 0 spiro atoms. The van der Waals surface area contributed by atoms with Crippen molar-refractivity contribution in [2.45, 2.75) is 51.1 Å². The van der Waals surface area contributed by atoms with Gasteiger partial charge in [-0.15, -0.1) is 0 Å². The Labute approximate surface area is 147 Å². The number of likely N-dealkylation sites (tertiary alicyclic amines) is 1. The summed E-state index contributed by atoms with van der Waals surface area (Å²) in [6.45, 7) is 7.03. The quantitative estimate of drug-likeness (QED) is 0.698. The first kappa shape index (κ1) is 20.3. The minimum absolute atomic E-state index is 0.219. The molecule has 2 rings (SSSR count). The molecule has 2 aliphatic heterocycles. The topological polar surface area (TPSA) is 56.8 Å². The van der Waals surface area contributed by atoms with Gasteiger partial charge in [-0.25, -0.2) is 4.79 Å². The maximum absolute atomic E-state index is 12.4. The van der Waals surface area contributed by atoms with Gasteiger partial charge in [0.15, 0.2) is 0 Å². The lowest BCUT2D eigenvalue weighted by molar-refractivity contribution is -0.143. The molecule has 2 saturated heterocycles. The van der Waals surface area contributed by atoms with E-state index in [2.05, 4.69) is 29.4 Å². The zero-order valence-corrected chi connectivity index (χ0v) is 14.9. The third kappa shape index (κ3) is 7.79. The molecule has 146 valence electrons. The van der Waals surface area contributed by atoms with Crippen molar-refractivity contribution in [2.24, 2.45) is 0 Å². The number of alkyl halides is 3. The molecular formula is C16H29F3N4O2. The number of carbonyl (C=O) groups is 1. The molecule has 2 amide bonds. The molecule has 0 aromatic rings. The predicted molar refractivity (Wildman–Crippen MR) is 88.5 cm³/mol. The van der Waals surface area contributed by atoms with E-state index in [0.29, 0.717) is 19.5 Å². The Morgan fingerprint density at radius 3 is 2.48 bits per heavy atom. The SMILES string of the molecule is C[C@@H]1CN(CCCNC(=O)N[C@@H]2CCN(CC(F)(F)F)C2)C[C@@H](C)O1. The van der Waals surface area contributed by atoms with Crippen LogP contribution in [0.4, 0.5) is 18.0 Å². The number of nitrogens with one attached hydrogen (secondary N) is 2. The molecule has 2 N–H and O–H groups in total. The van der Waals surface area contributed by atoms with E-state index in [0.717, 1.165) is 26.1 Å². The number of hydrogen-bond donors (Lipinski definition) is 2. The van der Waals surface area contributed by atoms with E-state index in [1.807, 2.05) is 0 Å². The number of halogens is 3. The summed E-state index contributed by atoms with van der Waals surface area (Å²) in [7, 11) is 0. The molecule has 0 aromatic carbocycles. The lowest BCUT2D eigenvalue weighted by Crippen LogP contribution is -2.47. The second kappa shape index (κ2) is 9.05. The molecular weight excluding hydrogens is 337 g/mol. The van der Waals surface area contributed by atoms with Gasteiger partial charge < -0.3 is 15.4 Å². The summed E-state index contributed by atoms with van der Waals surface area (Å²) in [4.78, 5) is 15.5. The van der Waals surface area contributed by atoms with Crippen molar-refractivity contribution in [3.8, 4) is 0 Å².